The molecule has 4 rings (SSSR count). The van der Waals surface area contributed by atoms with Gasteiger partial charge in [0, 0.05) is 50.4 Å². The Hall–Kier alpha value is -3.47. The Kier molecular flexibility index (Phi) is 6.07. The molecule has 10 nitrogen and oxygen atoms in total. The predicted molar refractivity (Wildman–Crippen MR) is 120 cm³/mol. The molecule has 2 fully saturated rings. The summed E-state index contributed by atoms with van der Waals surface area (Å²) in [6.45, 7) is 3.54. The topological polar surface area (TPSA) is 121 Å². The number of nitrogens with zero attached hydrogens (tertiary/aromatic N) is 4. The molecule has 2 amide bonds. The Labute approximate surface area is 191 Å². The zero-order chi connectivity index (χ0) is 23.8. The third-order valence-electron chi connectivity index (χ3n) is 6.04. The minimum absolute atomic E-state index is 0.00422. The molecule has 0 aliphatic carbocycles. The second kappa shape index (κ2) is 8.81. The highest BCUT2D eigenvalue weighted by Crippen LogP contribution is 2.29. The second-order valence-electron chi connectivity index (χ2n) is 8.15. The number of nitro benzene ring substituents is 1. The van der Waals surface area contributed by atoms with Gasteiger partial charge in [-0.2, -0.15) is 0 Å². The number of aryl methyl sites for hydroxylation is 1. The molecule has 2 saturated heterocycles. The van der Waals surface area contributed by atoms with Crippen LogP contribution in [0.5, 0.6) is 0 Å². The fourth-order valence-electron chi connectivity index (χ4n) is 4.19. The number of benzene rings is 2. The maximum absolute atomic E-state index is 13.2. The third kappa shape index (κ3) is 4.40. The van der Waals surface area contributed by atoms with Gasteiger partial charge < -0.3 is 9.80 Å². The van der Waals surface area contributed by atoms with Crippen molar-refractivity contribution in [2.75, 3.05) is 31.1 Å². The van der Waals surface area contributed by atoms with Crippen molar-refractivity contribution in [3.05, 3.63) is 64.2 Å². The molecule has 0 N–H and O–H groups in total. The standard InChI is InChI=1S/C22H24N4O6S/c1-16-2-8-19(9-3-16)33(31,32)25-20(10-11-21(25)27)22(28)24-14-12-23(13-15-24)17-4-6-18(7-5-17)26(29)30/h2-9,20H,10-15H2,1H3/t20-/m1/s1. The summed E-state index contributed by atoms with van der Waals surface area (Å²) in [6.07, 6.45) is 0.162. The monoisotopic (exact) mass is 472 g/mol. The first kappa shape index (κ1) is 22.7. The van der Waals surface area contributed by atoms with Crippen molar-refractivity contribution < 1.29 is 22.9 Å². The zero-order valence-corrected chi connectivity index (χ0v) is 18.9. The van der Waals surface area contributed by atoms with E-state index in [2.05, 4.69) is 0 Å². The molecule has 33 heavy (non-hydrogen) atoms. The highest BCUT2D eigenvalue weighted by atomic mass is 32.2. The summed E-state index contributed by atoms with van der Waals surface area (Å²) >= 11 is 0. The third-order valence-corrected chi connectivity index (χ3v) is 7.88. The van der Waals surface area contributed by atoms with Gasteiger partial charge in [-0.05, 0) is 37.6 Å². The Balaban J connectivity index is 1.46. The summed E-state index contributed by atoms with van der Waals surface area (Å²) in [7, 11) is -4.13. The van der Waals surface area contributed by atoms with E-state index < -0.39 is 26.9 Å². The van der Waals surface area contributed by atoms with E-state index in [9.17, 15) is 28.1 Å². The van der Waals surface area contributed by atoms with Crippen molar-refractivity contribution in [1.82, 2.24) is 9.21 Å². The van der Waals surface area contributed by atoms with Crippen molar-refractivity contribution in [3.8, 4) is 0 Å². The van der Waals surface area contributed by atoms with Crippen LogP contribution >= 0.6 is 0 Å². The Bertz CT molecular complexity index is 1170. The number of sulfonamides is 1. The van der Waals surface area contributed by atoms with Gasteiger partial charge in [-0.1, -0.05) is 17.7 Å². The first-order chi connectivity index (χ1) is 15.7. The normalized spacial score (nSPS) is 19.1. The minimum atomic E-state index is -4.13. The van der Waals surface area contributed by atoms with Gasteiger partial charge in [0.1, 0.15) is 6.04 Å². The van der Waals surface area contributed by atoms with Gasteiger partial charge in [0.05, 0.1) is 9.82 Å². The number of piperazine rings is 1. The van der Waals surface area contributed by atoms with E-state index >= 15 is 0 Å². The molecule has 2 heterocycles. The number of amides is 2. The first-order valence-electron chi connectivity index (χ1n) is 10.6. The maximum Gasteiger partial charge on any atom is 0.269 e. The number of carbonyl (C=O) groups excluding carboxylic acids is 2. The van der Waals surface area contributed by atoms with E-state index in [1.165, 1.54) is 24.3 Å². The average molecular weight is 473 g/mol. The lowest BCUT2D eigenvalue weighted by Crippen LogP contribution is -2.55. The van der Waals surface area contributed by atoms with E-state index in [4.69, 9.17) is 0 Å². The summed E-state index contributed by atoms with van der Waals surface area (Å²) in [4.78, 5) is 39.7. The summed E-state index contributed by atoms with van der Waals surface area (Å²) < 4.78 is 27.0. The fourth-order valence-corrected chi connectivity index (χ4v) is 5.79. The molecule has 0 radical (unpaired) electrons. The van der Waals surface area contributed by atoms with Crippen molar-refractivity contribution >= 4 is 33.2 Å². The summed E-state index contributed by atoms with van der Waals surface area (Å²) in [5.41, 5.74) is 1.71. The van der Waals surface area contributed by atoms with Crippen LogP contribution in [0.15, 0.2) is 53.4 Å². The number of nitro groups is 1. The molecule has 11 heteroatoms. The van der Waals surface area contributed by atoms with E-state index in [-0.39, 0.29) is 29.3 Å². The Morgan fingerprint density at radius 3 is 2.18 bits per heavy atom. The Morgan fingerprint density at radius 2 is 1.61 bits per heavy atom. The van der Waals surface area contributed by atoms with Crippen LogP contribution in [-0.4, -0.2) is 66.6 Å². The number of non-ortho nitro benzene ring substituents is 1. The van der Waals surface area contributed by atoms with Gasteiger partial charge in [0.15, 0.2) is 0 Å². The molecule has 0 aromatic heterocycles. The van der Waals surface area contributed by atoms with Gasteiger partial charge in [0.2, 0.25) is 11.8 Å². The zero-order valence-electron chi connectivity index (χ0n) is 18.1. The SMILES string of the molecule is Cc1ccc(S(=O)(=O)N2C(=O)CC[C@@H]2C(=O)N2CCN(c3ccc([N+](=O)[O-])cc3)CC2)cc1. The largest absolute Gasteiger partial charge is 0.368 e. The molecule has 0 saturated carbocycles. The lowest BCUT2D eigenvalue weighted by Gasteiger charge is -2.38. The van der Waals surface area contributed by atoms with Gasteiger partial charge in [-0.3, -0.25) is 19.7 Å². The molecule has 174 valence electrons. The van der Waals surface area contributed by atoms with Crippen LogP contribution in [0.25, 0.3) is 0 Å². The summed E-state index contributed by atoms with van der Waals surface area (Å²) in [6, 6.07) is 11.4. The molecule has 2 aliphatic heterocycles. The summed E-state index contributed by atoms with van der Waals surface area (Å²) in [5.74, 6) is -0.946. The highest BCUT2D eigenvalue weighted by Gasteiger charge is 2.45. The van der Waals surface area contributed by atoms with Gasteiger partial charge >= 0.3 is 0 Å². The maximum atomic E-state index is 13.2. The van der Waals surface area contributed by atoms with E-state index in [0.29, 0.717) is 26.2 Å². The van der Waals surface area contributed by atoms with Crippen molar-refractivity contribution in [2.24, 2.45) is 0 Å². The van der Waals surface area contributed by atoms with Crippen LogP contribution in [-0.2, 0) is 19.6 Å². The number of anilines is 1. The van der Waals surface area contributed by atoms with E-state index in [0.717, 1.165) is 15.6 Å². The average Bonchev–Trinajstić information content (AvgIpc) is 3.21. The lowest BCUT2D eigenvalue weighted by molar-refractivity contribution is -0.384. The smallest absolute Gasteiger partial charge is 0.269 e. The van der Waals surface area contributed by atoms with Crippen LogP contribution in [0.4, 0.5) is 11.4 Å². The minimum Gasteiger partial charge on any atom is -0.368 e. The van der Waals surface area contributed by atoms with Crippen LogP contribution in [0.3, 0.4) is 0 Å². The number of hydrogen-bond donors (Lipinski definition) is 0. The molecule has 0 unspecified atom stereocenters. The molecule has 2 aromatic rings. The van der Waals surface area contributed by atoms with Crippen molar-refractivity contribution in [2.45, 2.75) is 30.7 Å². The lowest BCUT2D eigenvalue weighted by atomic mass is 10.1. The number of carbonyl (C=O) groups is 2. The van der Waals surface area contributed by atoms with E-state index in [1.807, 2.05) is 11.8 Å². The van der Waals surface area contributed by atoms with Crippen molar-refractivity contribution in [3.63, 3.8) is 0 Å². The Morgan fingerprint density at radius 1 is 1.00 bits per heavy atom. The number of rotatable bonds is 5. The fraction of sp³-hybridized carbons (Fsp3) is 0.364. The highest BCUT2D eigenvalue weighted by molar-refractivity contribution is 7.89. The molecular formula is C22H24N4O6S. The molecule has 1 atom stereocenters. The van der Waals surface area contributed by atoms with Gasteiger partial charge in [-0.25, -0.2) is 12.7 Å². The quantitative estimate of drug-likeness (QED) is 0.481. The number of hydrogen-bond acceptors (Lipinski definition) is 7. The van der Waals surface area contributed by atoms with Gasteiger partial charge in [0.25, 0.3) is 15.7 Å². The molecule has 2 aliphatic rings. The van der Waals surface area contributed by atoms with Crippen LogP contribution in [0.2, 0.25) is 0 Å². The predicted octanol–water partition coefficient (Wildman–Crippen LogP) is 1.93. The molecule has 0 bridgehead atoms. The van der Waals surface area contributed by atoms with Crippen LogP contribution in [0, 0.1) is 17.0 Å². The molecular weight excluding hydrogens is 448 g/mol. The second-order valence-corrected chi connectivity index (χ2v) is 9.96. The van der Waals surface area contributed by atoms with Crippen molar-refractivity contribution in [1.29, 1.82) is 0 Å². The molecule has 0 spiro atoms. The van der Waals surface area contributed by atoms with Crippen LogP contribution < -0.4 is 4.90 Å². The summed E-state index contributed by atoms with van der Waals surface area (Å²) in [5, 5.41) is 10.8. The molecule has 2 aromatic carbocycles. The van der Waals surface area contributed by atoms with E-state index in [1.54, 1.807) is 29.2 Å². The first-order valence-corrected chi connectivity index (χ1v) is 12.0. The van der Waals surface area contributed by atoms with Crippen LogP contribution in [0.1, 0.15) is 18.4 Å². The van der Waals surface area contributed by atoms with Gasteiger partial charge in [-0.15, -0.1) is 0 Å².